The van der Waals surface area contributed by atoms with Gasteiger partial charge in [-0.2, -0.15) is 8.78 Å². The van der Waals surface area contributed by atoms with E-state index in [0.717, 1.165) is 18.5 Å². The lowest BCUT2D eigenvalue weighted by Crippen LogP contribution is -2.31. The second kappa shape index (κ2) is 6.17. The highest BCUT2D eigenvalue weighted by atomic mass is 35.5. The topological polar surface area (TPSA) is 21.3 Å². The van der Waals surface area contributed by atoms with Crippen LogP contribution < -0.4 is 10.1 Å². The Morgan fingerprint density at radius 3 is 2.75 bits per heavy atom. The molecule has 1 aliphatic rings. The molecule has 5 heteroatoms. The predicted octanol–water partition coefficient (Wildman–Crippen LogP) is 5.32. The van der Waals surface area contributed by atoms with Crippen molar-refractivity contribution in [2.24, 2.45) is 5.41 Å². The molecule has 1 aliphatic carbocycles. The number of hydrogen-bond donors (Lipinski definition) is 1. The van der Waals surface area contributed by atoms with Crippen LogP contribution in [0.5, 0.6) is 5.75 Å². The summed E-state index contributed by atoms with van der Waals surface area (Å²) in [5.74, 6) is 0.0104. The average molecular weight is 304 g/mol. The summed E-state index contributed by atoms with van der Waals surface area (Å²) in [5.41, 5.74) is 1.19. The first-order valence-electron chi connectivity index (χ1n) is 6.87. The second-order valence-electron chi connectivity index (χ2n) is 6.13. The van der Waals surface area contributed by atoms with E-state index in [1.165, 1.54) is 18.9 Å². The maximum atomic E-state index is 12.2. The summed E-state index contributed by atoms with van der Waals surface area (Å²) in [7, 11) is 0. The van der Waals surface area contributed by atoms with Gasteiger partial charge in [-0.15, -0.1) is 0 Å². The number of rotatable bonds is 4. The molecule has 0 aliphatic heterocycles. The van der Waals surface area contributed by atoms with Crippen molar-refractivity contribution in [2.75, 3.05) is 5.32 Å². The van der Waals surface area contributed by atoms with E-state index in [4.69, 9.17) is 11.6 Å². The highest BCUT2D eigenvalue weighted by molar-refractivity contribution is 6.32. The molecule has 1 unspecified atom stereocenters. The smallest absolute Gasteiger partial charge is 0.387 e. The van der Waals surface area contributed by atoms with E-state index in [0.29, 0.717) is 11.5 Å². The molecule has 1 saturated carbocycles. The number of nitrogens with one attached hydrogen (secondary N) is 1. The lowest BCUT2D eigenvalue weighted by atomic mass is 9.75. The van der Waals surface area contributed by atoms with Crippen LogP contribution in [0.3, 0.4) is 0 Å². The van der Waals surface area contributed by atoms with Crippen LogP contribution in [-0.2, 0) is 0 Å². The molecule has 0 aromatic heterocycles. The highest BCUT2D eigenvalue weighted by Gasteiger charge is 2.27. The van der Waals surface area contributed by atoms with Gasteiger partial charge in [0.05, 0.1) is 5.02 Å². The van der Waals surface area contributed by atoms with E-state index in [1.807, 2.05) is 0 Å². The van der Waals surface area contributed by atoms with Gasteiger partial charge in [0.2, 0.25) is 0 Å². The third-order valence-corrected chi connectivity index (χ3v) is 4.02. The Labute approximate surface area is 123 Å². The predicted molar refractivity (Wildman–Crippen MR) is 77.7 cm³/mol. The lowest BCUT2D eigenvalue weighted by molar-refractivity contribution is -0.0497. The fourth-order valence-corrected chi connectivity index (χ4v) is 3.06. The Bertz CT molecular complexity index is 465. The van der Waals surface area contributed by atoms with Gasteiger partial charge < -0.3 is 10.1 Å². The molecule has 20 heavy (non-hydrogen) atoms. The number of alkyl halides is 2. The van der Waals surface area contributed by atoms with Crippen molar-refractivity contribution in [3.05, 3.63) is 23.2 Å². The van der Waals surface area contributed by atoms with Crippen molar-refractivity contribution in [2.45, 2.75) is 52.2 Å². The van der Waals surface area contributed by atoms with Gasteiger partial charge >= 0.3 is 6.61 Å². The van der Waals surface area contributed by atoms with Gasteiger partial charge in [-0.3, -0.25) is 0 Å². The Balaban J connectivity index is 2.01. The summed E-state index contributed by atoms with van der Waals surface area (Å²) in [5, 5.41) is 3.63. The molecule has 2 rings (SSSR count). The molecule has 2 nitrogen and oxygen atoms in total. The van der Waals surface area contributed by atoms with Gasteiger partial charge in [0, 0.05) is 11.7 Å². The molecular formula is C15H20ClF2NO. The van der Waals surface area contributed by atoms with Crippen LogP contribution in [0.1, 0.15) is 39.5 Å². The van der Waals surface area contributed by atoms with E-state index in [-0.39, 0.29) is 10.8 Å². The molecule has 1 aromatic carbocycles. The van der Waals surface area contributed by atoms with E-state index >= 15 is 0 Å². The second-order valence-corrected chi connectivity index (χ2v) is 6.53. The summed E-state index contributed by atoms with van der Waals surface area (Å²) >= 11 is 5.95. The lowest BCUT2D eigenvalue weighted by Gasteiger charge is -2.36. The molecule has 1 atom stereocenters. The first-order chi connectivity index (χ1) is 9.35. The molecule has 1 fully saturated rings. The minimum Gasteiger partial charge on any atom is -0.433 e. The number of benzene rings is 1. The molecule has 0 saturated heterocycles. The Hall–Kier alpha value is -1.03. The average Bonchev–Trinajstić information content (AvgIpc) is 2.31. The third-order valence-electron chi connectivity index (χ3n) is 3.72. The van der Waals surface area contributed by atoms with Crippen molar-refractivity contribution in [3.63, 3.8) is 0 Å². The molecule has 1 aromatic rings. The zero-order valence-electron chi connectivity index (χ0n) is 11.8. The minimum atomic E-state index is -2.86. The van der Waals surface area contributed by atoms with Crippen LogP contribution in [0, 0.1) is 5.41 Å². The van der Waals surface area contributed by atoms with E-state index < -0.39 is 6.61 Å². The largest absolute Gasteiger partial charge is 0.433 e. The normalized spacial score (nSPS) is 21.8. The maximum Gasteiger partial charge on any atom is 0.387 e. The Kier molecular flexibility index (Phi) is 4.74. The summed E-state index contributed by atoms with van der Waals surface area (Å²) in [6.07, 6.45) is 4.66. The Morgan fingerprint density at radius 1 is 1.40 bits per heavy atom. The SMILES string of the molecule is CC1(C)CCCC(Nc2ccc(OC(F)F)c(Cl)c2)C1. The molecule has 0 spiro atoms. The third kappa shape index (κ3) is 4.23. The molecule has 0 bridgehead atoms. The molecule has 0 radical (unpaired) electrons. The quantitative estimate of drug-likeness (QED) is 0.812. The maximum absolute atomic E-state index is 12.2. The summed E-state index contributed by atoms with van der Waals surface area (Å²) < 4.78 is 28.7. The number of halogens is 3. The summed E-state index contributed by atoms with van der Waals surface area (Å²) in [4.78, 5) is 0. The van der Waals surface area contributed by atoms with Crippen molar-refractivity contribution < 1.29 is 13.5 Å². The van der Waals surface area contributed by atoms with Gasteiger partial charge in [0.25, 0.3) is 0 Å². The van der Waals surface area contributed by atoms with E-state index in [2.05, 4.69) is 23.9 Å². The van der Waals surface area contributed by atoms with Crippen LogP contribution in [0.2, 0.25) is 5.02 Å². The first kappa shape index (κ1) is 15.4. The molecule has 112 valence electrons. The fourth-order valence-electron chi connectivity index (χ4n) is 2.84. The van der Waals surface area contributed by atoms with Crippen molar-refractivity contribution >= 4 is 17.3 Å². The zero-order chi connectivity index (χ0) is 14.8. The summed E-state index contributed by atoms with van der Waals surface area (Å²) in [6, 6.07) is 5.24. The van der Waals surface area contributed by atoms with Gasteiger partial charge in [-0.05, 0) is 42.9 Å². The van der Waals surface area contributed by atoms with Crippen molar-refractivity contribution in [3.8, 4) is 5.75 Å². The van der Waals surface area contributed by atoms with Crippen LogP contribution >= 0.6 is 11.6 Å². The molecule has 0 amide bonds. The molecular weight excluding hydrogens is 284 g/mol. The van der Waals surface area contributed by atoms with Gasteiger partial charge in [0.15, 0.2) is 0 Å². The zero-order valence-corrected chi connectivity index (χ0v) is 12.5. The van der Waals surface area contributed by atoms with Crippen LogP contribution in [0.4, 0.5) is 14.5 Å². The van der Waals surface area contributed by atoms with Gasteiger partial charge in [0.1, 0.15) is 5.75 Å². The van der Waals surface area contributed by atoms with Crippen LogP contribution in [-0.4, -0.2) is 12.7 Å². The van der Waals surface area contributed by atoms with Crippen molar-refractivity contribution in [1.82, 2.24) is 0 Å². The van der Waals surface area contributed by atoms with E-state index in [1.54, 1.807) is 12.1 Å². The number of hydrogen-bond acceptors (Lipinski definition) is 2. The highest BCUT2D eigenvalue weighted by Crippen LogP contribution is 2.37. The fraction of sp³-hybridized carbons (Fsp3) is 0.600. The van der Waals surface area contributed by atoms with Gasteiger partial charge in [-0.1, -0.05) is 31.9 Å². The first-order valence-corrected chi connectivity index (χ1v) is 7.24. The van der Waals surface area contributed by atoms with E-state index in [9.17, 15) is 8.78 Å². The molecule has 0 heterocycles. The monoisotopic (exact) mass is 303 g/mol. The summed E-state index contributed by atoms with van der Waals surface area (Å²) in [6.45, 7) is 1.69. The Morgan fingerprint density at radius 2 is 2.15 bits per heavy atom. The number of ether oxygens (including phenoxy) is 1. The van der Waals surface area contributed by atoms with Crippen molar-refractivity contribution in [1.29, 1.82) is 0 Å². The minimum absolute atomic E-state index is 0.0104. The van der Waals surface area contributed by atoms with Gasteiger partial charge in [-0.25, -0.2) is 0 Å². The standard InChI is InChI=1S/C15H20ClF2NO/c1-15(2)7-3-4-11(9-15)19-10-5-6-13(12(16)8-10)20-14(17)18/h5-6,8,11,14,19H,3-4,7,9H2,1-2H3. The van der Waals surface area contributed by atoms with Crippen LogP contribution in [0.15, 0.2) is 18.2 Å². The number of anilines is 1. The van der Waals surface area contributed by atoms with Crippen LogP contribution in [0.25, 0.3) is 0 Å². The molecule has 1 N–H and O–H groups in total.